The van der Waals surface area contributed by atoms with Gasteiger partial charge >= 0.3 is 0 Å². The second kappa shape index (κ2) is 7.01. The maximum absolute atomic E-state index is 12.8. The van der Waals surface area contributed by atoms with Crippen LogP contribution in [-0.2, 0) is 14.8 Å². The summed E-state index contributed by atoms with van der Waals surface area (Å²) in [6, 6.07) is 4.75. The molecule has 2 aromatic heterocycles. The lowest BCUT2D eigenvalue weighted by atomic mass is 9.98. The van der Waals surface area contributed by atoms with Crippen molar-refractivity contribution < 1.29 is 17.6 Å². The van der Waals surface area contributed by atoms with E-state index in [0.29, 0.717) is 30.8 Å². The van der Waals surface area contributed by atoms with Gasteiger partial charge in [-0.1, -0.05) is 0 Å². The highest BCUT2D eigenvalue weighted by molar-refractivity contribution is 7.89. The van der Waals surface area contributed by atoms with Gasteiger partial charge < -0.3 is 9.73 Å². The van der Waals surface area contributed by atoms with Gasteiger partial charge in [0.1, 0.15) is 5.69 Å². The molecule has 25 heavy (non-hydrogen) atoms. The van der Waals surface area contributed by atoms with Crippen LogP contribution < -0.4 is 5.32 Å². The summed E-state index contributed by atoms with van der Waals surface area (Å²) in [6.07, 6.45) is 2.89. The largest absolute Gasteiger partial charge is 0.442 e. The Morgan fingerprint density at radius 1 is 1.40 bits per heavy atom. The lowest BCUT2D eigenvalue weighted by Gasteiger charge is -2.30. The molecule has 3 heterocycles. The van der Waals surface area contributed by atoms with Gasteiger partial charge in [0.2, 0.25) is 11.0 Å². The molecule has 2 aromatic rings. The van der Waals surface area contributed by atoms with Gasteiger partial charge in [-0.3, -0.25) is 9.89 Å². The smallest absolute Gasteiger partial charge is 0.276 e. The first-order valence-electron chi connectivity index (χ1n) is 8.28. The van der Waals surface area contributed by atoms with E-state index in [-0.39, 0.29) is 29.5 Å². The zero-order chi connectivity index (χ0) is 18.0. The number of aromatic amines is 1. The second-order valence-corrected chi connectivity index (χ2v) is 8.32. The molecule has 136 valence electrons. The number of aromatic nitrogens is 2. The van der Waals surface area contributed by atoms with Gasteiger partial charge in [-0.15, -0.1) is 0 Å². The van der Waals surface area contributed by atoms with Gasteiger partial charge in [0.05, 0.1) is 5.92 Å². The van der Waals surface area contributed by atoms with Crippen molar-refractivity contribution in [3.8, 4) is 11.5 Å². The topological polar surface area (TPSA) is 108 Å². The normalized spacial score (nSPS) is 19.2. The van der Waals surface area contributed by atoms with E-state index in [1.54, 1.807) is 18.3 Å². The number of hydrogen-bond donors (Lipinski definition) is 2. The monoisotopic (exact) mass is 366 g/mol. The third kappa shape index (κ3) is 3.77. The molecular weight excluding hydrogens is 344 g/mol. The molecule has 3 rings (SSSR count). The van der Waals surface area contributed by atoms with E-state index in [2.05, 4.69) is 15.5 Å². The molecule has 1 saturated heterocycles. The fourth-order valence-corrected chi connectivity index (χ4v) is 4.34. The minimum Gasteiger partial charge on any atom is -0.442 e. The lowest BCUT2D eigenvalue weighted by Crippen LogP contribution is -2.46. The highest BCUT2D eigenvalue weighted by Crippen LogP contribution is 2.28. The predicted octanol–water partition coefficient (Wildman–Crippen LogP) is 1.59. The summed E-state index contributed by atoms with van der Waals surface area (Å²) in [7, 11) is -3.77. The van der Waals surface area contributed by atoms with Crippen molar-refractivity contribution in [1.82, 2.24) is 19.8 Å². The highest BCUT2D eigenvalue weighted by atomic mass is 32.2. The van der Waals surface area contributed by atoms with Gasteiger partial charge in [0.25, 0.3) is 10.0 Å². The van der Waals surface area contributed by atoms with E-state index < -0.39 is 10.0 Å². The number of nitrogens with one attached hydrogen (secondary N) is 2. The molecule has 0 bridgehead atoms. The number of furan rings is 1. The number of carbonyl (C=O) groups excluding carboxylic acids is 1. The van der Waals surface area contributed by atoms with Crippen molar-refractivity contribution in [1.29, 1.82) is 0 Å². The number of carbonyl (C=O) groups is 1. The van der Waals surface area contributed by atoms with Crippen LogP contribution in [0, 0.1) is 5.92 Å². The van der Waals surface area contributed by atoms with Gasteiger partial charge in [-0.05, 0) is 44.9 Å². The SMILES string of the molecule is CC(C)NC(=O)C1CCCN(S(=O)(=O)c2ccc(-c3ccn[nH]3)o2)C1. The van der Waals surface area contributed by atoms with E-state index in [0.717, 1.165) is 0 Å². The molecule has 1 amide bonds. The maximum Gasteiger partial charge on any atom is 0.276 e. The van der Waals surface area contributed by atoms with Crippen LogP contribution in [0.5, 0.6) is 0 Å². The van der Waals surface area contributed by atoms with Gasteiger partial charge in [0.15, 0.2) is 5.76 Å². The van der Waals surface area contributed by atoms with Crippen molar-refractivity contribution in [2.75, 3.05) is 13.1 Å². The van der Waals surface area contributed by atoms with Crippen LogP contribution in [0.15, 0.2) is 33.9 Å². The molecule has 0 aliphatic carbocycles. The summed E-state index contributed by atoms with van der Waals surface area (Å²) in [6.45, 7) is 4.32. The van der Waals surface area contributed by atoms with Crippen molar-refractivity contribution in [3.63, 3.8) is 0 Å². The van der Waals surface area contributed by atoms with E-state index in [4.69, 9.17) is 4.42 Å². The quantitative estimate of drug-likeness (QED) is 0.835. The number of nitrogens with zero attached hydrogens (tertiary/aromatic N) is 2. The molecule has 0 aromatic carbocycles. The third-order valence-electron chi connectivity index (χ3n) is 4.13. The Hall–Kier alpha value is -2.13. The summed E-state index contributed by atoms with van der Waals surface area (Å²) in [5.74, 6) is -0.0392. The van der Waals surface area contributed by atoms with E-state index in [1.165, 1.54) is 10.4 Å². The molecule has 2 N–H and O–H groups in total. The lowest BCUT2D eigenvalue weighted by molar-refractivity contribution is -0.126. The molecule has 1 atom stereocenters. The average Bonchev–Trinajstić information content (AvgIpc) is 3.25. The summed E-state index contributed by atoms with van der Waals surface area (Å²) in [4.78, 5) is 12.2. The molecule has 0 spiro atoms. The number of H-pyrrole nitrogens is 1. The molecule has 8 nitrogen and oxygen atoms in total. The first-order valence-corrected chi connectivity index (χ1v) is 9.72. The molecule has 0 radical (unpaired) electrons. The van der Waals surface area contributed by atoms with Crippen LogP contribution in [0.4, 0.5) is 0 Å². The van der Waals surface area contributed by atoms with Crippen molar-refractivity contribution in [3.05, 3.63) is 24.4 Å². The highest BCUT2D eigenvalue weighted by Gasteiger charge is 2.35. The van der Waals surface area contributed by atoms with E-state index >= 15 is 0 Å². The Balaban J connectivity index is 1.76. The first-order chi connectivity index (χ1) is 11.9. The number of hydrogen-bond acceptors (Lipinski definition) is 5. The Morgan fingerprint density at radius 2 is 2.20 bits per heavy atom. The predicted molar refractivity (Wildman–Crippen MR) is 91.1 cm³/mol. The number of amides is 1. The fourth-order valence-electron chi connectivity index (χ4n) is 2.90. The maximum atomic E-state index is 12.8. The van der Waals surface area contributed by atoms with Gasteiger partial charge in [0, 0.05) is 25.3 Å². The third-order valence-corrected chi connectivity index (χ3v) is 5.87. The van der Waals surface area contributed by atoms with Crippen LogP contribution in [0.1, 0.15) is 26.7 Å². The molecule has 1 aliphatic heterocycles. The molecule has 1 fully saturated rings. The molecule has 0 saturated carbocycles. The minimum atomic E-state index is -3.77. The molecule has 1 aliphatic rings. The van der Waals surface area contributed by atoms with E-state index in [9.17, 15) is 13.2 Å². The summed E-state index contributed by atoms with van der Waals surface area (Å²) in [5, 5.41) is 9.29. The Labute approximate surface area is 146 Å². The van der Waals surface area contributed by atoms with Crippen molar-refractivity contribution >= 4 is 15.9 Å². The Bertz CT molecular complexity index is 826. The van der Waals surface area contributed by atoms with E-state index in [1.807, 2.05) is 13.8 Å². The Morgan fingerprint density at radius 3 is 2.88 bits per heavy atom. The van der Waals surface area contributed by atoms with Crippen LogP contribution in [0.2, 0.25) is 0 Å². The summed E-state index contributed by atoms with van der Waals surface area (Å²) in [5.41, 5.74) is 0.606. The average molecular weight is 366 g/mol. The fraction of sp³-hybridized carbons (Fsp3) is 0.500. The van der Waals surface area contributed by atoms with Crippen LogP contribution in [0.25, 0.3) is 11.5 Å². The first kappa shape index (κ1) is 17.7. The summed E-state index contributed by atoms with van der Waals surface area (Å²) >= 11 is 0. The second-order valence-electron chi connectivity index (χ2n) is 6.45. The number of sulfonamides is 1. The molecule has 9 heteroatoms. The molecule has 1 unspecified atom stereocenters. The zero-order valence-electron chi connectivity index (χ0n) is 14.2. The zero-order valence-corrected chi connectivity index (χ0v) is 15.0. The molecular formula is C16H22N4O4S. The minimum absolute atomic E-state index is 0.0292. The van der Waals surface area contributed by atoms with Crippen molar-refractivity contribution in [2.45, 2.75) is 37.8 Å². The number of piperidine rings is 1. The van der Waals surface area contributed by atoms with Crippen LogP contribution >= 0.6 is 0 Å². The summed E-state index contributed by atoms with van der Waals surface area (Å²) < 4.78 is 32.5. The Kier molecular flexibility index (Phi) is 4.96. The van der Waals surface area contributed by atoms with Gasteiger partial charge in [-0.2, -0.15) is 9.40 Å². The van der Waals surface area contributed by atoms with Gasteiger partial charge in [-0.25, -0.2) is 8.42 Å². The van der Waals surface area contributed by atoms with Crippen LogP contribution in [0.3, 0.4) is 0 Å². The van der Waals surface area contributed by atoms with Crippen molar-refractivity contribution in [2.24, 2.45) is 5.92 Å². The number of rotatable bonds is 5. The standard InChI is InChI=1S/C16H22N4O4S/c1-11(2)18-16(21)12-4-3-9-20(10-12)25(22,23)15-6-5-14(24-15)13-7-8-17-19-13/h5-8,11-12H,3-4,9-10H2,1-2H3,(H,17,19)(H,18,21). The van der Waals surface area contributed by atoms with Crippen LogP contribution in [-0.4, -0.2) is 48.0 Å².